The molecule has 0 heterocycles. The molecule has 2 N–H and O–H groups in total. The number of aliphatic carboxylic acids is 1. The first kappa shape index (κ1) is 15.7. The summed E-state index contributed by atoms with van der Waals surface area (Å²) in [6.07, 6.45) is 0. The zero-order valence-electron chi connectivity index (χ0n) is 6.51. The van der Waals surface area contributed by atoms with Crippen LogP contribution in [0.5, 0.6) is 0 Å². The van der Waals surface area contributed by atoms with Gasteiger partial charge in [-0.2, -0.15) is 0 Å². The predicted molar refractivity (Wildman–Crippen MR) is 16.9 cm³/mol. The van der Waals surface area contributed by atoms with Gasteiger partial charge in [0.05, 0.1) is 0 Å². The van der Waals surface area contributed by atoms with Crippen LogP contribution in [0.3, 0.4) is 0 Å². The average molecular weight is 108 g/mol. The van der Waals surface area contributed by atoms with Crippen molar-refractivity contribution >= 4 is 5.97 Å². The molecule has 0 saturated carbocycles. The van der Waals surface area contributed by atoms with Crippen LogP contribution in [0.2, 0.25) is 0 Å². The fourth-order valence-electron chi connectivity index (χ4n) is 0. The first-order chi connectivity index (χ1) is 2.27. The van der Waals surface area contributed by atoms with Crippen LogP contribution in [-0.2, 0) is 4.79 Å². The minimum atomic E-state index is -1.19. The second-order valence-electron chi connectivity index (χ2n) is 0.552. The number of rotatable bonds is 1. The van der Waals surface area contributed by atoms with E-state index < -0.39 is 12.6 Å². The molecule has 0 bridgehead atoms. The fourth-order valence-corrected chi connectivity index (χ4v) is 0. The van der Waals surface area contributed by atoms with Gasteiger partial charge in [0.1, 0.15) is 6.61 Å². The molecule has 0 aromatic carbocycles. The molecule has 0 radical (unpaired) electrons. The molecule has 3 nitrogen and oxygen atoms in total. The summed E-state index contributed by atoms with van der Waals surface area (Å²) in [7, 11) is 0. The summed E-state index contributed by atoms with van der Waals surface area (Å²) < 4.78 is 0. The van der Waals surface area contributed by atoms with Crippen LogP contribution in [0.15, 0.2) is 0 Å². The Hall–Kier alpha value is 1.03. The minimum Gasteiger partial charge on any atom is -1.00 e. The zero-order valence-corrected chi connectivity index (χ0v) is 6.51. The van der Waals surface area contributed by atoms with E-state index in [1.54, 1.807) is 0 Å². The van der Waals surface area contributed by atoms with Crippen LogP contribution < -0.4 is 48.4 Å². The molecule has 34 valence electrons. The Bertz CT molecular complexity index is 55.1. The van der Waals surface area contributed by atoms with E-state index >= 15 is 0 Å². The van der Waals surface area contributed by atoms with E-state index in [2.05, 4.69) is 0 Å². The number of aliphatic hydroxyl groups is 1. The SMILES string of the molecule is O=C(O)CO.[H-].[H-].[Li+].[Na+]. The van der Waals surface area contributed by atoms with Crippen molar-refractivity contribution in [2.45, 2.75) is 0 Å². The van der Waals surface area contributed by atoms with Gasteiger partial charge in [0, 0.05) is 0 Å². The molecule has 0 atom stereocenters. The molecule has 0 unspecified atom stereocenters. The van der Waals surface area contributed by atoms with Crippen molar-refractivity contribution in [3.63, 3.8) is 0 Å². The molecule has 0 saturated heterocycles. The molecule has 0 aliphatic rings. The van der Waals surface area contributed by atoms with Crippen LogP contribution in [0.4, 0.5) is 0 Å². The van der Waals surface area contributed by atoms with Crippen molar-refractivity contribution < 1.29 is 66.3 Å². The Morgan fingerprint density at radius 3 is 1.86 bits per heavy atom. The number of carboxylic acids is 1. The second kappa shape index (κ2) is 10.1. The summed E-state index contributed by atoms with van der Waals surface area (Å²) in [4.78, 5) is 9.12. The molecule has 0 aliphatic carbocycles. The summed E-state index contributed by atoms with van der Waals surface area (Å²) >= 11 is 0. The van der Waals surface area contributed by atoms with Crippen molar-refractivity contribution in [3.05, 3.63) is 0 Å². The Morgan fingerprint density at radius 1 is 1.71 bits per heavy atom. The molecule has 0 aromatic heterocycles. The number of hydrogen-bond donors (Lipinski definition) is 2. The normalized spacial score (nSPS) is 5.29. The fraction of sp³-hybridized carbons (Fsp3) is 0.500. The van der Waals surface area contributed by atoms with Gasteiger partial charge in [-0.25, -0.2) is 4.79 Å². The van der Waals surface area contributed by atoms with E-state index in [0.29, 0.717) is 0 Å². The maximum atomic E-state index is 9.12. The van der Waals surface area contributed by atoms with Gasteiger partial charge in [-0.3, -0.25) is 0 Å². The molecule has 7 heavy (non-hydrogen) atoms. The number of carboxylic acid groups (broad SMARTS) is 1. The predicted octanol–water partition coefficient (Wildman–Crippen LogP) is -6.70. The van der Waals surface area contributed by atoms with Crippen LogP contribution in [0.1, 0.15) is 2.85 Å². The van der Waals surface area contributed by atoms with Crippen molar-refractivity contribution in [1.29, 1.82) is 0 Å². The first-order valence-corrected chi connectivity index (χ1v) is 1.10. The molecule has 0 aliphatic heterocycles. The largest absolute Gasteiger partial charge is 1.00 e. The van der Waals surface area contributed by atoms with Crippen LogP contribution in [0, 0.1) is 0 Å². The monoisotopic (exact) mass is 108 g/mol. The minimum absolute atomic E-state index is 0. The van der Waals surface area contributed by atoms with E-state index in [-0.39, 0.29) is 51.3 Å². The van der Waals surface area contributed by atoms with Gasteiger partial charge < -0.3 is 13.1 Å². The molecule has 5 heteroatoms. The standard InChI is InChI=1S/C2H4O3.Li.Na.2H/c3-1-2(4)5;;;;/h3H,1H2,(H,4,5);;;;/q;2*+1;2*-1. The third-order valence-corrected chi connectivity index (χ3v) is 0.135. The van der Waals surface area contributed by atoms with Crippen LogP contribution in [-0.4, -0.2) is 22.8 Å². The van der Waals surface area contributed by atoms with Crippen LogP contribution in [0.25, 0.3) is 0 Å². The Balaban J connectivity index is -0.0000000133. The van der Waals surface area contributed by atoms with Gasteiger partial charge in [-0.1, -0.05) is 0 Å². The van der Waals surface area contributed by atoms with Crippen molar-refractivity contribution in [2.75, 3.05) is 6.61 Å². The van der Waals surface area contributed by atoms with Gasteiger partial charge in [-0.05, 0) is 0 Å². The van der Waals surface area contributed by atoms with E-state index in [4.69, 9.17) is 15.0 Å². The number of hydrogen-bond acceptors (Lipinski definition) is 2. The second-order valence-corrected chi connectivity index (χ2v) is 0.552. The average Bonchev–Trinajstić information content (AvgIpc) is 1.38. The van der Waals surface area contributed by atoms with E-state index in [0.717, 1.165) is 0 Å². The third kappa shape index (κ3) is 19.4. The van der Waals surface area contributed by atoms with Crippen molar-refractivity contribution in [1.82, 2.24) is 0 Å². The smallest absolute Gasteiger partial charge is 1.00 e. The Morgan fingerprint density at radius 2 is 1.86 bits per heavy atom. The molecular weight excluding hydrogens is 102 g/mol. The van der Waals surface area contributed by atoms with E-state index in [1.165, 1.54) is 0 Å². The van der Waals surface area contributed by atoms with Gasteiger partial charge in [0.25, 0.3) is 0 Å². The molecular formula is C2H6LiNaO3. The van der Waals surface area contributed by atoms with E-state index in [1.807, 2.05) is 0 Å². The van der Waals surface area contributed by atoms with Gasteiger partial charge in [0.15, 0.2) is 0 Å². The summed E-state index contributed by atoms with van der Waals surface area (Å²) in [5, 5.41) is 15.0. The maximum absolute atomic E-state index is 9.12. The molecule has 0 fully saturated rings. The quantitative estimate of drug-likeness (QED) is 0.328. The van der Waals surface area contributed by atoms with Gasteiger partial charge in [0.2, 0.25) is 0 Å². The topological polar surface area (TPSA) is 57.5 Å². The van der Waals surface area contributed by atoms with Crippen molar-refractivity contribution in [3.8, 4) is 0 Å². The molecule has 0 rings (SSSR count). The summed E-state index contributed by atoms with van der Waals surface area (Å²) in [6.45, 7) is -0.778. The Labute approximate surface area is 78.5 Å². The summed E-state index contributed by atoms with van der Waals surface area (Å²) in [5.74, 6) is -1.19. The van der Waals surface area contributed by atoms with Gasteiger partial charge >= 0.3 is 54.4 Å². The maximum Gasteiger partial charge on any atom is 1.00 e. The molecule has 0 amide bonds. The zero-order chi connectivity index (χ0) is 4.28. The molecule has 0 spiro atoms. The van der Waals surface area contributed by atoms with Crippen LogP contribution >= 0.6 is 0 Å². The summed E-state index contributed by atoms with van der Waals surface area (Å²) in [6, 6.07) is 0. The van der Waals surface area contributed by atoms with Crippen molar-refractivity contribution in [2.24, 2.45) is 0 Å². The Kier molecular flexibility index (Phi) is 22.6. The van der Waals surface area contributed by atoms with E-state index in [9.17, 15) is 0 Å². The summed E-state index contributed by atoms with van der Waals surface area (Å²) in [5.41, 5.74) is 0. The van der Waals surface area contributed by atoms with Gasteiger partial charge in [-0.15, -0.1) is 0 Å². The number of carbonyl (C=O) groups is 1. The first-order valence-electron chi connectivity index (χ1n) is 1.10. The molecule has 0 aromatic rings. The third-order valence-electron chi connectivity index (χ3n) is 0.135. The number of aliphatic hydroxyl groups excluding tert-OH is 1.